The second-order valence-electron chi connectivity index (χ2n) is 7.90. The predicted molar refractivity (Wildman–Crippen MR) is 123 cm³/mol. The van der Waals surface area contributed by atoms with Gasteiger partial charge >= 0.3 is 0 Å². The Bertz CT molecular complexity index is 894. The molecule has 1 aromatic carbocycles. The first kappa shape index (κ1) is 26.1. The molecule has 9 nitrogen and oxygen atoms in total. The number of carbonyl (C=O) groups excluding carboxylic acids is 2. The van der Waals surface area contributed by atoms with E-state index in [1.54, 1.807) is 18.7 Å². The van der Waals surface area contributed by atoms with Crippen molar-refractivity contribution in [2.24, 2.45) is 0 Å². The van der Waals surface area contributed by atoms with Crippen molar-refractivity contribution in [3.63, 3.8) is 0 Å². The summed E-state index contributed by atoms with van der Waals surface area (Å²) in [7, 11) is -2.24. The van der Waals surface area contributed by atoms with Crippen molar-refractivity contribution in [2.45, 2.75) is 45.1 Å². The van der Waals surface area contributed by atoms with Crippen LogP contribution >= 0.6 is 0 Å². The third-order valence-electron chi connectivity index (χ3n) is 5.79. The normalized spacial score (nSPS) is 16.1. The Hall–Kier alpha value is -2.17. The highest BCUT2D eigenvalue weighted by molar-refractivity contribution is 7.89. The molecule has 2 amide bonds. The SMILES string of the molecule is CCC(C)NC(=O)CN1CCN(C(=O)c2cc(S(=O)(=O)N(CC)CC)ccc2OC)CC1. The van der Waals surface area contributed by atoms with Gasteiger partial charge in [0.05, 0.1) is 24.1 Å². The van der Waals surface area contributed by atoms with Gasteiger partial charge in [0.15, 0.2) is 0 Å². The first-order valence-electron chi connectivity index (χ1n) is 11.2. The Morgan fingerprint density at radius 2 is 1.75 bits per heavy atom. The summed E-state index contributed by atoms with van der Waals surface area (Å²) < 4.78 is 32.5. The molecule has 0 aliphatic carbocycles. The summed E-state index contributed by atoms with van der Waals surface area (Å²) in [6.45, 7) is 10.6. The molecule has 1 atom stereocenters. The van der Waals surface area contributed by atoms with Gasteiger partial charge in [0.25, 0.3) is 5.91 Å². The topological polar surface area (TPSA) is 99.3 Å². The minimum atomic E-state index is -3.69. The molecule has 32 heavy (non-hydrogen) atoms. The van der Waals surface area contributed by atoms with Gasteiger partial charge in [-0.3, -0.25) is 14.5 Å². The Kier molecular flexibility index (Phi) is 9.47. The highest BCUT2D eigenvalue weighted by Crippen LogP contribution is 2.26. The number of benzene rings is 1. The number of ether oxygens (including phenoxy) is 1. The van der Waals surface area contributed by atoms with Crippen molar-refractivity contribution in [1.29, 1.82) is 0 Å². The van der Waals surface area contributed by atoms with Crippen molar-refractivity contribution in [3.05, 3.63) is 23.8 Å². The number of sulfonamides is 1. The van der Waals surface area contributed by atoms with Gasteiger partial charge in [0, 0.05) is 45.3 Å². The quantitative estimate of drug-likeness (QED) is 0.557. The number of piperazine rings is 1. The van der Waals surface area contributed by atoms with E-state index in [4.69, 9.17) is 4.74 Å². The molecule has 1 aromatic rings. The van der Waals surface area contributed by atoms with E-state index in [-0.39, 0.29) is 28.3 Å². The fraction of sp³-hybridized carbons (Fsp3) is 0.636. The monoisotopic (exact) mass is 468 g/mol. The Balaban J connectivity index is 2.12. The van der Waals surface area contributed by atoms with Crippen LogP contribution in [0.2, 0.25) is 0 Å². The lowest BCUT2D eigenvalue weighted by Crippen LogP contribution is -2.51. The van der Waals surface area contributed by atoms with Crippen LogP contribution in [0.5, 0.6) is 5.75 Å². The van der Waals surface area contributed by atoms with Crippen LogP contribution in [0.25, 0.3) is 0 Å². The number of amides is 2. The van der Waals surface area contributed by atoms with E-state index >= 15 is 0 Å². The first-order chi connectivity index (χ1) is 15.2. The summed E-state index contributed by atoms with van der Waals surface area (Å²) >= 11 is 0. The summed E-state index contributed by atoms with van der Waals surface area (Å²) in [4.78, 5) is 29.1. The van der Waals surface area contributed by atoms with Crippen molar-refractivity contribution < 1.29 is 22.7 Å². The molecule has 1 N–H and O–H groups in total. The summed E-state index contributed by atoms with van der Waals surface area (Å²) in [6, 6.07) is 4.54. The molecule has 10 heteroatoms. The molecule has 1 heterocycles. The molecular formula is C22H36N4O5S. The fourth-order valence-electron chi connectivity index (χ4n) is 3.63. The van der Waals surface area contributed by atoms with Gasteiger partial charge in [-0.05, 0) is 31.5 Å². The third-order valence-corrected chi connectivity index (χ3v) is 7.84. The fourth-order valence-corrected chi connectivity index (χ4v) is 5.12. The number of nitrogens with zero attached hydrogens (tertiary/aromatic N) is 3. The number of carbonyl (C=O) groups is 2. The summed E-state index contributed by atoms with van der Waals surface area (Å²) in [5, 5.41) is 2.95. The highest BCUT2D eigenvalue weighted by Gasteiger charge is 2.28. The number of rotatable bonds is 10. The number of hydrogen-bond donors (Lipinski definition) is 1. The lowest BCUT2D eigenvalue weighted by atomic mass is 10.1. The van der Waals surface area contributed by atoms with Crippen molar-refractivity contribution >= 4 is 21.8 Å². The molecule has 0 radical (unpaired) electrons. The molecule has 0 spiro atoms. The van der Waals surface area contributed by atoms with Crippen molar-refractivity contribution in [1.82, 2.24) is 19.4 Å². The van der Waals surface area contributed by atoms with Gasteiger partial charge in [0.2, 0.25) is 15.9 Å². The summed E-state index contributed by atoms with van der Waals surface area (Å²) in [6.07, 6.45) is 0.874. The second-order valence-corrected chi connectivity index (χ2v) is 9.83. The van der Waals surface area contributed by atoms with Crippen LogP contribution in [0.3, 0.4) is 0 Å². The molecule has 1 aliphatic heterocycles. The molecule has 0 aromatic heterocycles. The average Bonchev–Trinajstić information content (AvgIpc) is 2.79. The number of nitrogens with one attached hydrogen (secondary N) is 1. The summed E-state index contributed by atoms with van der Waals surface area (Å²) in [5.74, 6) is 0.0427. The van der Waals surface area contributed by atoms with Crippen LogP contribution < -0.4 is 10.1 Å². The molecule has 0 saturated carbocycles. The minimum absolute atomic E-state index is 0.0184. The molecule has 2 rings (SSSR count). The van der Waals surface area contributed by atoms with E-state index in [1.165, 1.54) is 29.6 Å². The molecular weight excluding hydrogens is 432 g/mol. The van der Waals surface area contributed by atoms with Gasteiger partial charge in [-0.25, -0.2) is 8.42 Å². The van der Waals surface area contributed by atoms with Crippen molar-refractivity contribution in [2.75, 3.05) is 52.9 Å². The Morgan fingerprint density at radius 3 is 2.28 bits per heavy atom. The zero-order valence-electron chi connectivity index (χ0n) is 19.8. The van der Waals surface area contributed by atoms with E-state index in [2.05, 4.69) is 5.32 Å². The van der Waals surface area contributed by atoms with E-state index in [9.17, 15) is 18.0 Å². The zero-order chi connectivity index (χ0) is 23.9. The van der Waals surface area contributed by atoms with Gasteiger partial charge < -0.3 is 15.0 Å². The molecule has 0 bridgehead atoms. The number of methoxy groups -OCH3 is 1. The standard InChI is InChI=1S/C22H36N4O5S/c1-6-17(4)23-21(27)16-24-11-13-25(14-12-24)22(28)19-15-18(9-10-20(19)31-5)32(29,30)26(7-2)8-3/h9-10,15,17H,6-8,11-14,16H2,1-5H3,(H,23,27). The maximum atomic E-state index is 13.2. The Morgan fingerprint density at radius 1 is 1.12 bits per heavy atom. The van der Waals surface area contributed by atoms with Gasteiger partial charge in [-0.15, -0.1) is 0 Å². The van der Waals surface area contributed by atoms with Gasteiger partial charge in [-0.1, -0.05) is 20.8 Å². The first-order valence-corrected chi connectivity index (χ1v) is 12.6. The Labute approximate surface area is 191 Å². The smallest absolute Gasteiger partial charge is 0.257 e. The zero-order valence-corrected chi connectivity index (χ0v) is 20.6. The van der Waals surface area contributed by atoms with Crippen LogP contribution in [-0.4, -0.2) is 93.3 Å². The van der Waals surface area contributed by atoms with Crippen LogP contribution in [0.15, 0.2) is 23.1 Å². The van der Waals surface area contributed by atoms with Crippen LogP contribution in [0, 0.1) is 0 Å². The van der Waals surface area contributed by atoms with E-state index in [0.717, 1.165) is 6.42 Å². The van der Waals surface area contributed by atoms with Crippen LogP contribution in [0.4, 0.5) is 0 Å². The van der Waals surface area contributed by atoms with Crippen LogP contribution in [-0.2, 0) is 14.8 Å². The summed E-state index contributed by atoms with van der Waals surface area (Å²) in [5.41, 5.74) is 0.226. The second kappa shape index (κ2) is 11.6. The largest absolute Gasteiger partial charge is 0.496 e. The van der Waals surface area contributed by atoms with E-state index in [0.29, 0.717) is 51.6 Å². The molecule has 1 unspecified atom stereocenters. The van der Waals surface area contributed by atoms with E-state index in [1.807, 2.05) is 18.7 Å². The minimum Gasteiger partial charge on any atom is -0.496 e. The molecule has 1 saturated heterocycles. The van der Waals surface area contributed by atoms with Gasteiger partial charge in [-0.2, -0.15) is 4.31 Å². The van der Waals surface area contributed by atoms with E-state index < -0.39 is 10.0 Å². The lowest BCUT2D eigenvalue weighted by molar-refractivity contribution is -0.123. The van der Waals surface area contributed by atoms with Gasteiger partial charge in [0.1, 0.15) is 5.75 Å². The lowest BCUT2D eigenvalue weighted by Gasteiger charge is -2.34. The molecule has 180 valence electrons. The maximum Gasteiger partial charge on any atom is 0.257 e. The molecule has 1 aliphatic rings. The average molecular weight is 469 g/mol. The predicted octanol–water partition coefficient (Wildman–Crippen LogP) is 1.40. The third kappa shape index (κ3) is 6.20. The number of hydrogen-bond acceptors (Lipinski definition) is 6. The molecule has 1 fully saturated rings. The van der Waals surface area contributed by atoms with Crippen LogP contribution in [0.1, 0.15) is 44.5 Å². The maximum absolute atomic E-state index is 13.2. The van der Waals surface area contributed by atoms with Crippen molar-refractivity contribution in [3.8, 4) is 5.75 Å². The highest BCUT2D eigenvalue weighted by atomic mass is 32.2.